The van der Waals surface area contributed by atoms with Gasteiger partial charge in [0.05, 0.1) is 12.5 Å². The van der Waals surface area contributed by atoms with Crippen molar-refractivity contribution in [2.24, 2.45) is 50.3 Å². The number of hydrogen-bond acceptors (Lipinski definition) is 8. The standard InChI is InChI=1S/C22H43N11O6/c1-11(2)9-15(19(37)32-14(20(38)39)6-4-8-30-22(27)28)33-18(36)13(5-3-7-29-21(25)26)31-17(35)12(23)10-16(24)34/h11-15H,3-10,23H2,1-2H3,(H2,24,34)(H,31,35)(H,32,37)(H,33,36)(H,38,39)(H4,25,26,29)(H4,27,28,30). The number of carbonyl (C=O) groups excluding carboxylic acids is 4. The Kier molecular flexibility index (Phi) is 16.2. The molecule has 0 aromatic rings. The molecule has 0 radical (unpaired) electrons. The Bertz CT molecular complexity index is 901. The van der Waals surface area contributed by atoms with Crippen molar-refractivity contribution in [2.45, 2.75) is 76.5 Å². The van der Waals surface area contributed by atoms with Crippen molar-refractivity contribution in [1.29, 1.82) is 0 Å². The lowest BCUT2D eigenvalue weighted by molar-refractivity contribution is -0.142. The molecule has 222 valence electrons. The van der Waals surface area contributed by atoms with E-state index in [0.29, 0.717) is 0 Å². The van der Waals surface area contributed by atoms with Gasteiger partial charge in [-0.2, -0.15) is 0 Å². The number of carbonyl (C=O) groups is 5. The van der Waals surface area contributed by atoms with Crippen LogP contribution in [-0.4, -0.2) is 83.9 Å². The molecule has 39 heavy (non-hydrogen) atoms. The molecule has 0 aliphatic carbocycles. The summed E-state index contributed by atoms with van der Waals surface area (Å²) in [4.78, 5) is 69.1. The van der Waals surface area contributed by atoms with Crippen molar-refractivity contribution in [3.8, 4) is 0 Å². The van der Waals surface area contributed by atoms with Gasteiger partial charge >= 0.3 is 5.97 Å². The van der Waals surface area contributed by atoms with Crippen LogP contribution in [0.1, 0.15) is 52.4 Å². The first-order chi connectivity index (χ1) is 18.1. The van der Waals surface area contributed by atoms with Crippen LogP contribution in [0.25, 0.3) is 0 Å². The second-order valence-electron chi connectivity index (χ2n) is 9.33. The SMILES string of the molecule is CC(C)CC(NC(=O)C(CCCN=C(N)N)NC(=O)C(N)CC(N)=O)C(=O)NC(CCCN=C(N)N)C(=O)O. The summed E-state index contributed by atoms with van der Waals surface area (Å²) in [5.74, 6) is -4.66. The Hall–Kier alpha value is -4.15. The smallest absolute Gasteiger partial charge is 0.326 e. The zero-order valence-electron chi connectivity index (χ0n) is 22.4. The number of carboxylic acid groups (broad SMARTS) is 1. The second-order valence-corrected chi connectivity index (χ2v) is 9.33. The van der Waals surface area contributed by atoms with Gasteiger partial charge in [-0.15, -0.1) is 0 Å². The van der Waals surface area contributed by atoms with Crippen molar-refractivity contribution in [2.75, 3.05) is 13.1 Å². The number of hydrogen-bond donors (Lipinski definition) is 10. The molecule has 0 fully saturated rings. The van der Waals surface area contributed by atoms with Gasteiger partial charge in [-0.3, -0.25) is 29.2 Å². The van der Waals surface area contributed by atoms with Crippen LogP contribution in [-0.2, 0) is 24.0 Å². The molecular weight excluding hydrogens is 514 g/mol. The number of nitrogens with one attached hydrogen (secondary N) is 3. The fourth-order valence-corrected chi connectivity index (χ4v) is 3.37. The highest BCUT2D eigenvalue weighted by molar-refractivity contribution is 5.95. The molecule has 17 nitrogen and oxygen atoms in total. The Labute approximate surface area is 226 Å². The minimum atomic E-state index is -1.29. The van der Waals surface area contributed by atoms with Crippen molar-refractivity contribution >= 4 is 41.5 Å². The van der Waals surface area contributed by atoms with Gasteiger partial charge in [0.15, 0.2) is 11.9 Å². The van der Waals surface area contributed by atoms with Crippen LogP contribution in [0.5, 0.6) is 0 Å². The summed E-state index contributed by atoms with van der Waals surface area (Å²) in [5.41, 5.74) is 31.9. The number of nitrogens with two attached hydrogens (primary N) is 6. The average molecular weight is 558 g/mol. The van der Waals surface area contributed by atoms with E-state index in [1.54, 1.807) is 0 Å². The zero-order valence-corrected chi connectivity index (χ0v) is 22.4. The summed E-state index contributed by atoms with van der Waals surface area (Å²) in [6.07, 6.45) is 0.406. The number of primary amides is 1. The number of rotatable bonds is 19. The molecule has 0 aromatic heterocycles. The molecule has 0 bridgehead atoms. The Morgan fingerprint density at radius 1 is 0.718 bits per heavy atom. The van der Waals surface area contributed by atoms with Crippen LogP contribution >= 0.6 is 0 Å². The molecule has 0 saturated carbocycles. The summed E-state index contributed by atoms with van der Waals surface area (Å²) >= 11 is 0. The Balaban J connectivity index is 5.61. The minimum Gasteiger partial charge on any atom is -0.480 e. The van der Waals surface area contributed by atoms with E-state index in [2.05, 4.69) is 25.9 Å². The number of aliphatic carboxylic acids is 1. The molecule has 0 aliphatic rings. The van der Waals surface area contributed by atoms with Gasteiger partial charge in [0.2, 0.25) is 23.6 Å². The van der Waals surface area contributed by atoms with Gasteiger partial charge in [-0.25, -0.2) is 4.79 Å². The molecule has 4 amide bonds. The van der Waals surface area contributed by atoms with Crippen LogP contribution in [0.3, 0.4) is 0 Å². The van der Waals surface area contributed by atoms with Gasteiger partial charge in [0, 0.05) is 13.1 Å². The molecule has 4 unspecified atom stereocenters. The maximum Gasteiger partial charge on any atom is 0.326 e. The maximum atomic E-state index is 13.2. The van der Waals surface area contributed by atoms with Gasteiger partial charge in [0.1, 0.15) is 18.1 Å². The topological polar surface area (TPSA) is 323 Å². The number of carboxylic acids is 1. The van der Waals surface area contributed by atoms with Crippen LogP contribution in [0.15, 0.2) is 9.98 Å². The molecule has 4 atom stereocenters. The summed E-state index contributed by atoms with van der Waals surface area (Å²) < 4.78 is 0. The summed E-state index contributed by atoms with van der Waals surface area (Å²) in [7, 11) is 0. The largest absolute Gasteiger partial charge is 0.480 e. The number of aliphatic imine (C=N–C) groups is 2. The quantitative estimate of drug-likeness (QED) is 0.0413. The summed E-state index contributed by atoms with van der Waals surface area (Å²) in [6, 6.07) is -4.82. The number of nitrogens with zero attached hydrogens (tertiary/aromatic N) is 2. The lowest BCUT2D eigenvalue weighted by Crippen LogP contribution is -2.57. The van der Waals surface area contributed by atoms with Crippen LogP contribution in [0.4, 0.5) is 0 Å². The molecule has 17 heteroatoms. The normalized spacial score (nSPS) is 13.7. The molecule has 0 spiro atoms. The summed E-state index contributed by atoms with van der Waals surface area (Å²) in [6.45, 7) is 3.96. The number of guanidine groups is 2. The number of amides is 4. The monoisotopic (exact) mass is 557 g/mol. The third-order valence-corrected chi connectivity index (χ3v) is 5.24. The van der Waals surface area contributed by atoms with Crippen LogP contribution < -0.4 is 50.4 Å². The first-order valence-electron chi connectivity index (χ1n) is 12.4. The highest BCUT2D eigenvalue weighted by Gasteiger charge is 2.30. The van der Waals surface area contributed by atoms with Crippen molar-refractivity contribution in [1.82, 2.24) is 16.0 Å². The third kappa shape index (κ3) is 16.3. The Morgan fingerprint density at radius 3 is 1.59 bits per heavy atom. The maximum absolute atomic E-state index is 13.2. The molecule has 16 N–H and O–H groups in total. The predicted octanol–water partition coefficient (Wildman–Crippen LogP) is -4.12. The average Bonchev–Trinajstić information content (AvgIpc) is 2.80. The van der Waals surface area contributed by atoms with Gasteiger partial charge in [-0.05, 0) is 38.0 Å². The van der Waals surface area contributed by atoms with E-state index in [-0.39, 0.29) is 63.0 Å². The van der Waals surface area contributed by atoms with E-state index in [0.717, 1.165) is 0 Å². The fraction of sp³-hybridized carbons (Fsp3) is 0.682. The highest BCUT2D eigenvalue weighted by atomic mass is 16.4. The molecule has 0 aliphatic heterocycles. The van der Waals surface area contributed by atoms with Crippen LogP contribution in [0.2, 0.25) is 0 Å². The summed E-state index contributed by atoms with van der Waals surface area (Å²) in [5, 5.41) is 17.0. The molecule has 0 heterocycles. The van der Waals surface area contributed by atoms with Gasteiger partial charge in [-0.1, -0.05) is 13.8 Å². The van der Waals surface area contributed by atoms with E-state index >= 15 is 0 Å². The molecule has 0 saturated heterocycles. The first kappa shape index (κ1) is 34.9. The van der Waals surface area contributed by atoms with Crippen molar-refractivity contribution in [3.63, 3.8) is 0 Å². The van der Waals surface area contributed by atoms with E-state index in [1.165, 1.54) is 0 Å². The molecule has 0 aromatic carbocycles. The van der Waals surface area contributed by atoms with Crippen molar-refractivity contribution < 1.29 is 29.1 Å². The van der Waals surface area contributed by atoms with E-state index in [4.69, 9.17) is 34.4 Å². The van der Waals surface area contributed by atoms with E-state index < -0.39 is 60.2 Å². The lowest BCUT2D eigenvalue weighted by Gasteiger charge is -2.26. The fourth-order valence-electron chi connectivity index (χ4n) is 3.37. The third-order valence-electron chi connectivity index (χ3n) is 5.24. The first-order valence-corrected chi connectivity index (χ1v) is 12.4. The lowest BCUT2D eigenvalue weighted by atomic mass is 10.0. The molecular formula is C22H43N11O6. The van der Waals surface area contributed by atoms with E-state index in [1.807, 2.05) is 13.8 Å². The van der Waals surface area contributed by atoms with Gasteiger partial charge < -0.3 is 55.5 Å². The van der Waals surface area contributed by atoms with Crippen molar-refractivity contribution in [3.05, 3.63) is 0 Å². The predicted molar refractivity (Wildman–Crippen MR) is 144 cm³/mol. The van der Waals surface area contributed by atoms with Crippen LogP contribution in [0, 0.1) is 5.92 Å². The minimum absolute atomic E-state index is 0.0431. The Morgan fingerprint density at radius 2 is 1.15 bits per heavy atom. The second kappa shape index (κ2) is 18.2. The van der Waals surface area contributed by atoms with E-state index in [9.17, 15) is 29.1 Å². The highest BCUT2D eigenvalue weighted by Crippen LogP contribution is 2.09. The zero-order chi connectivity index (χ0) is 30.1. The molecule has 0 rings (SSSR count). The van der Waals surface area contributed by atoms with Gasteiger partial charge in [0.25, 0.3) is 0 Å².